The predicted octanol–water partition coefficient (Wildman–Crippen LogP) is 3.04. The summed E-state index contributed by atoms with van der Waals surface area (Å²) in [6.07, 6.45) is -2.63. The molecule has 0 aliphatic rings. The largest absolute Gasteiger partial charge is 0.390 e. The van der Waals surface area contributed by atoms with Crippen LogP contribution in [0.3, 0.4) is 0 Å². The number of hydrogen-bond acceptors (Lipinski definition) is 2. The highest BCUT2D eigenvalue weighted by atomic mass is 79.9. The van der Waals surface area contributed by atoms with Crippen molar-refractivity contribution in [1.29, 1.82) is 0 Å². The summed E-state index contributed by atoms with van der Waals surface area (Å²) < 4.78 is 25.5. The number of alkyl halides is 2. The van der Waals surface area contributed by atoms with Crippen LogP contribution in [0.1, 0.15) is 17.7 Å². The molecular weight excluding hydrogens is 312 g/mol. The first-order valence-electron chi connectivity index (χ1n) is 3.30. The molecule has 0 saturated carbocycles. The zero-order valence-corrected chi connectivity index (χ0v) is 9.44. The first-order valence-corrected chi connectivity index (χ1v) is 4.88. The zero-order chi connectivity index (χ0) is 10.0. The maximum Gasteiger partial charge on any atom is 0.265 e. The van der Waals surface area contributed by atoms with E-state index in [2.05, 4.69) is 36.8 Å². The van der Waals surface area contributed by atoms with E-state index in [9.17, 15) is 8.78 Å². The average molecular weight is 317 g/mol. The SMILES string of the molecule is OCc1nc(Br)c(Br)cc1C(F)F. The van der Waals surface area contributed by atoms with E-state index in [0.717, 1.165) is 0 Å². The summed E-state index contributed by atoms with van der Waals surface area (Å²) >= 11 is 6.11. The number of halogens is 4. The number of nitrogens with zero attached hydrogens (tertiary/aromatic N) is 1. The third-order valence-corrected chi connectivity index (χ3v) is 3.17. The fourth-order valence-electron chi connectivity index (χ4n) is 0.831. The molecule has 6 heteroatoms. The Hall–Kier alpha value is -0.0700. The molecule has 1 heterocycles. The first-order chi connectivity index (χ1) is 6.06. The Labute approximate surface area is 90.2 Å². The molecular formula is C7H5Br2F2NO. The standard InChI is InChI=1S/C7H5Br2F2NO/c8-4-1-3(7(10)11)5(2-13)12-6(4)9/h1,7,13H,2H2. The van der Waals surface area contributed by atoms with Crippen LogP contribution in [0, 0.1) is 0 Å². The second-order valence-corrected chi connectivity index (χ2v) is 3.86. The van der Waals surface area contributed by atoms with Crippen LogP contribution in [0.5, 0.6) is 0 Å². The fraction of sp³-hybridized carbons (Fsp3) is 0.286. The van der Waals surface area contributed by atoms with Gasteiger partial charge >= 0.3 is 0 Å². The lowest BCUT2D eigenvalue weighted by atomic mass is 10.2. The van der Waals surface area contributed by atoms with Crippen LogP contribution < -0.4 is 0 Å². The quantitative estimate of drug-likeness (QED) is 0.851. The van der Waals surface area contributed by atoms with E-state index in [-0.39, 0.29) is 11.3 Å². The van der Waals surface area contributed by atoms with Crippen molar-refractivity contribution in [1.82, 2.24) is 4.98 Å². The molecule has 1 rings (SSSR count). The number of pyridine rings is 1. The minimum absolute atomic E-state index is 0.00919. The normalized spacial score (nSPS) is 10.9. The van der Waals surface area contributed by atoms with E-state index < -0.39 is 13.0 Å². The Morgan fingerprint density at radius 1 is 1.46 bits per heavy atom. The van der Waals surface area contributed by atoms with Gasteiger partial charge in [0.15, 0.2) is 0 Å². The lowest BCUT2D eigenvalue weighted by molar-refractivity contribution is 0.146. The van der Waals surface area contributed by atoms with Crippen LogP contribution in [-0.4, -0.2) is 10.1 Å². The van der Waals surface area contributed by atoms with Gasteiger partial charge in [0, 0.05) is 5.56 Å². The first kappa shape index (κ1) is 11.0. The minimum Gasteiger partial charge on any atom is -0.390 e. The number of hydrogen-bond donors (Lipinski definition) is 1. The molecule has 0 fully saturated rings. The van der Waals surface area contributed by atoms with Crippen LogP contribution in [0.2, 0.25) is 0 Å². The second-order valence-electron chi connectivity index (χ2n) is 2.26. The van der Waals surface area contributed by atoms with Gasteiger partial charge in [-0.2, -0.15) is 0 Å². The van der Waals surface area contributed by atoms with Gasteiger partial charge in [0.25, 0.3) is 6.43 Å². The predicted molar refractivity (Wildman–Crippen MR) is 50.5 cm³/mol. The fourth-order valence-corrected chi connectivity index (χ4v) is 1.50. The molecule has 0 spiro atoms. The molecule has 1 aromatic heterocycles. The topological polar surface area (TPSA) is 33.1 Å². The van der Waals surface area contributed by atoms with Crippen LogP contribution >= 0.6 is 31.9 Å². The number of rotatable bonds is 2. The van der Waals surface area contributed by atoms with E-state index >= 15 is 0 Å². The van der Waals surface area contributed by atoms with Crippen molar-refractivity contribution in [2.45, 2.75) is 13.0 Å². The van der Waals surface area contributed by atoms with Gasteiger partial charge in [0.05, 0.1) is 16.8 Å². The van der Waals surface area contributed by atoms with Crippen molar-refractivity contribution in [3.05, 3.63) is 26.4 Å². The smallest absolute Gasteiger partial charge is 0.265 e. The second kappa shape index (κ2) is 4.43. The van der Waals surface area contributed by atoms with E-state index in [1.54, 1.807) is 0 Å². The third-order valence-electron chi connectivity index (χ3n) is 1.43. The van der Waals surface area contributed by atoms with Crippen LogP contribution in [0.25, 0.3) is 0 Å². The Morgan fingerprint density at radius 3 is 2.54 bits per heavy atom. The molecule has 0 aromatic carbocycles. The molecule has 0 radical (unpaired) electrons. The number of aliphatic hydroxyl groups excluding tert-OH is 1. The van der Waals surface area contributed by atoms with Gasteiger partial charge in [-0.3, -0.25) is 0 Å². The minimum atomic E-state index is -2.63. The molecule has 72 valence electrons. The van der Waals surface area contributed by atoms with Crippen molar-refractivity contribution in [2.24, 2.45) is 0 Å². The van der Waals surface area contributed by atoms with Crippen molar-refractivity contribution in [3.63, 3.8) is 0 Å². The maximum absolute atomic E-state index is 12.3. The van der Waals surface area contributed by atoms with Gasteiger partial charge in [-0.15, -0.1) is 0 Å². The summed E-state index contributed by atoms with van der Waals surface area (Å²) in [5.41, 5.74) is -0.261. The highest BCUT2D eigenvalue weighted by Gasteiger charge is 2.15. The molecule has 1 N–H and O–H groups in total. The van der Waals surface area contributed by atoms with Crippen LogP contribution in [0.4, 0.5) is 8.78 Å². The van der Waals surface area contributed by atoms with Gasteiger partial charge in [-0.05, 0) is 37.9 Å². The summed E-state index contributed by atoms with van der Waals surface area (Å²) in [6, 6.07) is 1.24. The molecule has 0 aliphatic heterocycles. The summed E-state index contributed by atoms with van der Waals surface area (Å²) in [6.45, 7) is -0.494. The van der Waals surface area contributed by atoms with Crippen molar-refractivity contribution < 1.29 is 13.9 Å². The number of aliphatic hydroxyl groups is 1. The molecule has 2 nitrogen and oxygen atoms in total. The van der Waals surface area contributed by atoms with Gasteiger partial charge in [-0.1, -0.05) is 0 Å². The molecule has 13 heavy (non-hydrogen) atoms. The van der Waals surface area contributed by atoms with Gasteiger partial charge in [-0.25, -0.2) is 13.8 Å². The Morgan fingerprint density at radius 2 is 2.08 bits per heavy atom. The highest BCUT2D eigenvalue weighted by Crippen LogP contribution is 2.29. The Bertz CT molecular complexity index is 320. The summed E-state index contributed by atoms with van der Waals surface area (Å²) in [5, 5.41) is 8.75. The lowest BCUT2D eigenvalue weighted by Gasteiger charge is -2.07. The summed E-state index contributed by atoms with van der Waals surface area (Å²) in [5.74, 6) is 0. The molecule has 0 unspecified atom stereocenters. The lowest BCUT2D eigenvalue weighted by Crippen LogP contribution is -1.99. The summed E-state index contributed by atoms with van der Waals surface area (Å²) in [7, 11) is 0. The van der Waals surface area contributed by atoms with E-state index in [1.807, 2.05) is 0 Å². The third kappa shape index (κ3) is 2.45. The van der Waals surface area contributed by atoms with Gasteiger partial charge in [0.1, 0.15) is 4.60 Å². The average Bonchev–Trinajstić information content (AvgIpc) is 2.08. The molecule has 0 aliphatic carbocycles. The van der Waals surface area contributed by atoms with Crippen molar-refractivity contribution >= 4 is 31.9 Å². The van der Waals surface area contributed by atoms with E-state index in [1.165, 1.54) is 6.07 Å². The number of aromatic nitrogens is 1. The Balaban J connectivity index is 3.25. The summed E-state index contributed by atoms with van der Waals surface area (Å²) in [4.78, 5) is 3.75. The van der Waals surface area contributed by atoms with Crippen LogP contribution in [0.15, 0.2) is 15.1 Å². The molecule has 0 amide bonds. The van der Waals surface area contributed by atoms with Gasteiger partial charge in [0.2, 0.25) is 0 Å². The molecule has 0 atom stereocenters. The monoisotopic (exact) mass is 315 g/mol. The Kier molecular flexibility index (Phi) is 3.75. The van der Waals surface area contributed by atoms with E-state index in [4.69, 9.17) is 5.11 Å². The molecule has 0 bridgehead atoms. The highest BCUT2D eigenvalue weighted by molar-refractivity contribution is 9.13. The zero-order valence-electron chi connectivity index (χ0n) is 6.27. The van der Waals surface area contributed by atoms with Crippen molar-refractivity contribution in [2.75, 3.05) is 0 Å². The van der Waals surface area contributed by atoms with Crippen LogP contribution in [-0.2, 0) is 6.61 Å². The van der Waals surface area contributed by atoms with Crippen molar-refractivity contribution in [3.8, 4) is 0 Å². The molecule has 0 saturated heterocycles. The van der Waals surface area contributed by atoms with E-state index in [0.29, 0.717) is 9.08 Å². The maximum atomic E-state index is 12.3. The van der Waals surface area contributed by atoms with Gasteiger partial charge < -0.3 is 5.11 Å². The molecule has 1 aromatic rings.